The predicted molar refractivity (Wildman–Crippen MR) is 61.5 cm³/mol. The Morgan fingerprint density at radius 3 is 2.60 bits per heavy atom. The summed E-state index contributed by atoms with van der Waals surface area (Å²) in [5, 5.41) is 9.81. The maximum atomic E-state index is 11.1. The van der Waals surface area contributed by atoms with E-state index in [1.165, 1.54) is 4.90 Å². The molecule has 0 aromatic heterocycles. The first-order valence-corrected chi connectivity index (χ1v) is 6.17. The molecule has 88 valence electrons. The van der Waals surface area contributed by atoms with Gasteiger partial charge in [0.1, 0.15) is 0 Å². The van der Waals surface area contributed by atoms with Crippen molar-refractivity contribution in [3.05, 3.63) is 0 Å². The largest absolute Gasteiger partial charge is 0.465 e. The number of ether oxygens (including phenoxy) is 1. The van der Waals surface area contributed by atoms with Gasteiger partial charge in [0.15, 0.2) is 0 Å². The lowest BCUT2D eigenvalue weighted by Crippen LogP contribution is -2.59. The first-order chi connectivity index (χ1) is 6.88. The van der Waals surface area contributed by atoms with Crippen molar-refractivity contribution in [1.29, 1.82) is 0 Å². The van der Waals surface area contributed by atoms with E-state index in [0.29, 0.717) is 18.5 Å². The van der Waals surface area contributed by atoms with Crippen LogP contribution in [0.15, 0.2) is 0 Å². The van der Waals surface area contributed by atoms with Crippen molar-refractivity contribution in [2.24, 2.45) is 5.41 Å². The van der Waals surface area contributed by atoms with Crippen molar-refractivity contribution in [2.45, 2.75) is 32.9 Å². The number of nitrogens with zero attached hydrogens (tertiary/aromatic N) is 1. The quantitative estimate of drug-likeness (QED) is 0.749. The zero-order chi connectivity index (χ0) is 11.6. The van der Waals surface area contributed by atoms with Gasteiger partial charge in [-0.3, -0.25) is 4.90 Å². The average Bonchev–Trinajstić information content (AvgIpc) is 2.15. The molecular formula is C10H18BrNO3. The molecule has 0 aromatic rings. The van der Waals surface area contributed by atoms with Crippen molar-refractivity contribution in [3.8, 4) is 0 Å². The number of alkyl halides is 1. The molecule has 1 fully saturated rings. The maximum Gasteiger partial charge on any atom is 0.407 e. The highest BCUT2D eigenvalue weighted by atomic mass is 79.9. The van der Waals surface area contributed by atoms with Gasteiger partial charge in [0.2, 0.25) is 0 Å². The minimum absolute atomic E-state index is 0.0603. The monoisotopic (exact) mass is 279 g/mol. The third-order valence-electron chi connectivity index (χ3n) is 2.64. The van der Waals surface area contributed by atoms with Crippen molar-refractivity contribution in [1.82, 2.24) is 4.90 Å². The number of morpholine rings is 1. The van der Waals surface area contributed by atoms with E-state index in [2.05, 4.69) is 15.9 Å². The van der Waals surface area contributed by atoms with Gasteiger partial charge in [-0.15, -0.1) is 0 Å². The molecule has 1 heterocycles. The molecule has 15 heavy (non-hydrogen) atoms. The van der Waals surface area contributed by atoms with Crippen molar-refractivity contribution >= 4 is 22.0 Å². The summed E-state index contributed by atoms with van der Waals surface area (Å²) in [6.07, 6.45) is -0.918. The number of amides is 1. The van der Waals surface area contributed by atoms with E-state index in [9.17, 15) is 4.79 Å². The summed E-state index contributed by atoms with van der Waals surface area (Å²) in [4.78, 5) is 12.6. The van der Waals surface area contributed by atoms with Crippen molar-refractivity contribution in [2.75, 3.05) is 18.5 Å². The zero-order valence-corrected chi connectivity index (χ0v) is 11.0. The van der Waals surface area contributed by atoms with E-state index in [0.717, 1.165) is 0 Å². The summed E-state index contributed by atoms with van der Waals surface area (Å²) in [5.41, 5.74) is -0.114. The first kappa shape index (κ1) is 12.8. The van der Waals surface area contributed by atoms with Gasteiger partial charge in [0, 0.05) is 11.9 Å². The van der Waals surface area contributed by atoms with Crippen LogP contribution in [0.3, 0.4) is 0 Å². The first-order valence-electron chi connectivity index (χ1n) is 5.05. The van der Waals surface area contributed by atoms with Crippen molar-refractivity contribution < 1.29 is 14.6 Å². The number of rotatable bonds is 1. The Labute approximate surface area is 98.7 Å². The van der Waals surface area contributed by atoms with Crippen molar-refractivity contribution in [3.63, 3.8) is 0 Å². The van der Waals surface area contributed by atoms with Gasteiger partial charge in [0.25, 0.3) is 0 Å². The molecule has 1 aliphatic rings. The number of halogens is 1. The molecule has 2 unspecified atom stereocenters. The fraction of sp³-hybridized carbons (Fsp3) is 0.900. The molecule has 1 saturated heterocycles. The standard InChI is InChI=1S/C10H18BrNO3/c1-10(2,3)8-7(6-11)15-5-4-12(8)9(13)14/h7-8H,4-6H2,1-3H3,(H,13,14). The molecule has 4 nitrogen and oxygen atoms in total. The van der Waals surface area contributed by atoms with Gasteiger partial charge >= 0.3 is 6.09 Å². The van der Waals surface area contributed by atoms with Gasteiger partial charge in [-0.05, 0) is 5.41 Å². The number of hydrogen-bond donors (Lipinski definition) is 1. The molecule has 0 bridgehead atoms. The molecule has 2 atom stereocenters. The third kappa shape index (κ3) is 2.84. The van der Waals surface area contributed by atoms with E-state index in [1.54, 1.807) is 0 Å². The maximum absolute atomic E-state index is 11.1. The molecule has 1 N–H and O–H groups in total. The van der Waals surface area contributed by atoms with Crippen LogP contribution in [0.4, 0.5) is 4.79 Å². The van der Waals surface area contributed by atoms with Crippen LogP contribution < -0.4 is 0 Å². The van der Waals surface area contributed by atoms with Gasteiger partial charge in [-0.1, -0.05) is 36.7 Å². The van der Waals surface area contributed by atoms with Crippen LogP contribution in [0, 0.1) is 5.41 Å². The predicted octanol–water partition coefficient (Wildman–Crippen LogP) is 2.17. The van der Waals surface area contributed by atoms with Gasteiger partial charge in [-0.2, -0.15) is 0 Å². The lowest BCUT2D eigenvalue weighted by Gasteiger charge is -2.45. The fourth-order valence-electron chi connectivity index (χ4n) is 2.10. The van der Waals surface area contributed by atoms with Crippen LogP contribution in [-0.2, 0) is 4.74 Å². The lowest BCUT2D eigenvalue weighted by molar-refractivity contribution is -0.0826. The summed E-state index contributed by atoms with van der Waals surface area (Å²) >= 11 is 3.38. The molecule has 0 saturated carbocycles. The minimum atomic E-state index is -0.857. The Morgan fingerprint density at radius 1 is 1.60 bits per heavy atom. The van der Waals surface area contributed by atoms with Crippen LogP contribution in [0.25, 0.3) is 0 Å². The Hall–Kier alpha value is -0.290. The fourth-order valence-corrected chi connectivity index (χ4v) is 2.64. The summed E-state index contributed by atoms with van der Waals surface area (Å²) in [5.74, 6) is 0. The normalized spacial score (nSPS) is 27.9. The zero-order valence-electron chi connectivity index (χ0n) is 9.36. The van der Waals surface area contributed by atoms with Crippen LogP contribution in [0.1, 0.15) is 20.8 Å². The number of carbonyl (C=O) groups is 1. The molecule has 1 aliphatic heterocycles. The second kappa shape index (κ2) is 4.70. The highest BCUT2D eigenvalue weighted by Gasteiger charge is 2.41. The summed E-state index contributed by atoms with van der Waals surface area (Å²) in [6, 6.07) is -0.0943. The molecule has 0 aromatic carbocycles. The van der Waals surface area contributed by atoms with E-state index in [4.69, 9.17) is 9.84 Å². The number of hydrogen-bond acceptors (Lipinski definition) is 2. The van der Waals surface area contributed by atoms with Crippen LogP contribution in [0.5, 0.6) is 0 Å². The summed E-state index contributed by atoms with van der Waals surface area (Å²) < 4.78 is 5.59. The highest BCUT2D eigenvalue weighted by Crippen LogP contribution is 2.31. The molecule has 1 amide bonds. The lowest BCUT2D eigenvalue weighted by atomic mass is 9.82. The smallest absolute Gasteiger partial charge is 0.407 e. The summed E-state index contributed by atoms with van der Waals surface area (Å²) in [7, 11) is 0. The Kier molecular flexibility index (Phi) is 4.00. The molecule has 0 spiro atoms. The van der Waals surface area contributed by atoms with E-state index in [-0.39, 0.29) is 17.6 Å². The van der Waals surface area contributed by atoms with Gasteiger partial charge < -0.3 is 9.84 Å². The topological polar surface area (TPSA) is 49.8 Å². The van der Waals surface area contributed by atoms with E-state index in [1.807, 2.05) is 20.8 Å². The molecule has 1 rings (SSSR count). The third-order valence-corrected chi connectivity index (χ3v) is 3.28. The molecule has 5 heteroatoms. The second-order valence-electron chi connectivity index (χ2n) is 4.85. The van der Waals surface area contributed by atoms with E-state index < -0.39 is 6.09 Å². The number of carboxylic acid groups (broad SMARTS) is 1. The highest BCUT2D eigenvalue weighted by molar-refractivity contribution is 9.09. The summed E-state index contributed by atoms with van der Waals surface area (Å²) in [6.45, 7) is 7.06. The Bertz CT molecular complexity index is 239. The average molecular weight is 280 g/mol. The van der Waals surface area contributed by atoms with Crippen LogP contribution >= 0.6 is 15.9 Å². The molecular weight excluding hydrogens is 262 g/mol. The van der Waals surface area contributed by atoms with Gasteiger partial charge in [-0.25, -0.2) is 4.79 Å². The second-order valence-corrected chi connectivity index (χ2v) is 5.50. The molecule has 0 radical (unpaired) electrons. The Morgan fingerprint density at radius 2 is 2.20 bits per heavy atom. The van der Waals surface area contributed by atoms with Crippen LogP contribution in [-0.4, -0.2) is 46.7 Å². The molecule has 0 aliphatic carbocycles. The van der Waals surface area contributed by atoms with Gasteiger partial charge in [0.05, 0.1) is 18.8 Å². The Balaban J connectivity index is 2.91. The SMILES string of the molecule is CC(C)(C)C1C(CBr)OCCN1C(=O)O. The van der Waals surface area contributed by atoms with E-state index >= 15 is 0 Å². The van der Waals surface area contributed by atoms with Crippen LogP contribution in [0.2, 0.25) is 0 Å². The minimum Gasteiger partial charge on any atom is -0.465 e.